The Bertz CT molecular complexity index is 950. The number of carbonyl (C=O) groups excluding carboxylic acids is 1. The zero-order valence-electron chi connectivity index (χ0n) is 14.7. The first-order chi connectivity index (χ1) is 12.6. The van der Waals surface area contributed by atoms with Crippen molar-refractivity contribution in [3.05, 3.63) is 64.3 Å². The van der Waals surface area contributed by atoms with Crippen LogP contribution in [-0.4, -0.2) is 44.8 Å². The van der Waals surface area contributed by atoms with Crippen LogP contribution in [0, 0.1) is 0 Å². The van der Waals surface area contributed by atoms with Crippen molar-refractivity contribution in [2.75, 3.05) is 19.6 Å². The first kappa shape index (κ1) is 22.7. The molecule has 1 saturated heterocycles. The van der Waals surface area contributed by atoms with Crippen molar-refractivity contribution < 1.29 is 4.79 Å². The predicted octanol–water partition coefficient (Wildman–Crippen LogP) is 3.60. The number of amides is 1. The first-order valence-electron chi connectivity index (χ1n) is 8.34. The van der Waals surface area contributed by atoms with Crippen LogP contribution in [0.25, 0.3) is 5.65 Å². The van der Waals surface area contributed by atoms with Gasteiger partial charge in [0.2, 0.25) is 5.91 Å². The lowest BCUT2D eigenvalue weighted by Gasteiger charge is -2.36. The number of hydrogen-bond acceptors (Lipinski definition) is 4. The van der Waals surface area contributed by atoms with Gasteiger partial charge in [0.05, 0.1) is 28.2 Å². The lowest BCUT2D eigenvalue weighted by molar-refractivity contribution is -0.133. The molecule has 0 spiro atoms. The van der Waals surface area contributed by atoms with Crippen molar-refractivity contribution in [2.24, 2.45) is 0 Å². The van der Waals surface area contributed by atoms with E-state index in [1.165, 1.54) is 0 Å². The van der Waals surface area contributed by atoms with Crippen LogP contribution in [0.4, 0.5) is 0 Å². The molecule has 28 heavy (non-hydrogen) atoms. The van der Waals surface area contributed by atoms with Crippen molar-refractivity contribution in [1.82, 2.24) is 24.6 Å². The zero-order valence-corrected chi connectivity index (χ0v) is 17.9. The zero-order chi connectivity index (χ0) is 18.1. The highest BCUT2D eigenvalue weighted by molar-refractivity contribution is 6.36. The summed E-state index contributed by atoms with van der Waals surface area (Å²) in [7, 11) is 0. The molecule has 1 fully saturated rings. The van der Waals surface area contributed by atoms with Gasteiger partial charge < -0.3 is 14.6 Å². The number of rotatable bonds is 3. The molecule has 3 aromatic heterocycles. The Kier molecular flexibility index (Phi) is 7.92. The third-order valence-electron chi connectivity index (χ3n) is 4.49. The fourth-order valence-electron chi connectivity index (χ4n) is 3.29. The number of carbonyl (C=O) groups is 1. The van der Waals surface area contributed by atoms with Crippen LogP contribution in [0.3, 0.4) is 0 Å². The van der Waals surface area contributed by atoms with Gasteiger partial charge >= 0.3 is 0 Å². The first-order valence-corrected chi connectivity index (χ1v) is 9.10. The fraction of sp³-hybridized carbons (Fsp3) is 0.278. The molecule has 1 unspecified atom stereocenters. The van der Waals surface area contributed by atoms with E-state index in [0.29, 0.717) is 34.5 Å². The number of nitrogens with zero attached hydrogens (tertiary/aromatic N) is 4. The van der Waals surface area contributed by atoms with E-state index in [0.717, 1.165) is 12.1 Å². The molecule has 1 atom stereocenters. The van der Waals surface area contributed by atoms with E-state index in [-0.39, 0.29) is 43.2 Å². The summed E-state index contributed by atoms with van der Waals surface area (Å²) in [6.07, 6.45) is 7.29. The van der Waals surface area contributed by atoms with E-state index in [1.54, 1.807) is 29.1 Å². The molecule has 4 rings (SSSR count). The van der Waals surface area contributed by atoms with Crippen molar-refractivity contribution in [2.45, 2.75) is 12.5 Å². The molecule has 6 nitrogen and oxygen atoms in total. The monoisotopic (exact) mass is 461 g/mol. The van der Waals surface area contributed by atoms with Gasteiger partial charge in [0, 0.05) is 44.4 Å². The Balaban J connectivity index is 0.00000140. The van der Waals surface area contributed by atoms with Gasteiger partial charge in [-0.15, -0.1) is 24.8 Å². The molecule has 0 saturated carbocycles. The van der Waals surface area contributed by atoms with Crippen molar-refractivity contribution in [3.63, 3.8) is 0 Å². The summed E-state index contributed by atoms with van der Waals surface area (Å²) in [4.78, 5) is 23.5. The van der Waals surface area contributed by atoms with Crippen LogP contribution in [0.5, 0.6) is 0 Å². The number of halogens is 4. The minimum atomic E-state index is -0.0278. The van der Waals surface area contributed by atoms with Crippen LogP contribution < -0.4 is 5.32 Å². The second-order valence-corrected chi connectivity index (χ2v) is 7.08. The number of imidazole rings is 1. The Labute approximate surface area is 185 Å². The number of fused-ring (bicyclic) bond motifs is 1. The highest BCUT2D eigenvalue weighted by Gasteiger charge is 2.28. The molecule has 0 radical (unpaired) electrons. The van der Waals surface area contributed by atoms with Gasteiger partial charge in [-0.1, -0.05) is 29.3 Å². The van der Waals surface area contributed by atoms with Crippen LogP contribution in [0.1, 0.15) is 17.3 Å². The van der Waals surface area contributed by atoms with E-state index in [2.05, 4.69) is 15.3 Å². The van der Waals surface area contributed by atoms with E-state index in [1.807, 2.05) is 23.2 Å². The minimum absolute atomic E-state index is 0. The van der Waals surface area contributed by atoms with E-state index < -0.39 is 0 Å². The predicted molar refractivity (Wildman–Crippen MR) is 115 cm³/mol. The van der Waals surface area contributed by atoms with Crippen molar-refractivity contribution in [1.29, 1.82) is 0 Å². The summed E-state index contributed by atoms with van der Waals surface area (Å²) in [5, 5.41) is 4.33. The summed E-state index contributed by atoms with van der Waals surface area (Å²) >= 11 is 12.2. The quantitative estimate of drug-likeness (QED) is 0.645. The summed E-state index contributed by atoms with van der Waals surface area (Å²) in [6, 6.07) is 5.50. The maximum absolute atomic E-state index is 12.9. The molecule has 1 aliphatic heterocycles. The van der Waals surface area contributed by atoms with E-state index in [9.17, 15) is 4.79 Å². The lowest BCUT2D eigenvalue weighted by atomic mass is 10.0. The number of piperazine rings is 1. The highest BCUT2D eigenvalue weighted by atomic mass is 35.5. The Morgan fingerprint density at radius 3 is 2.86 bits per heavy atom. The Morgan fingerprint density at radius 1 is 1.29 bits per heavy atom. The van der Waals surface area contributed by atoms with E-state index >= 15 is 0 Å². The SMILES string of the molecule is Cl.Cl.O=C(Cc1cn2cc(Cl)cc(Cl)c2n1)N1CCNCC1c1cccnc1. The maximum Gasteiger partial charge on any atom is 0.229 e. The topological polar surface area (TPSA) is 62.5 Å². The molecule has 0 aliphatic carbocycles. The minimum Gasteiger partial charge on any atom is -0.333 e. The molecule has 1 amide bonds. The molecule has 0 bridgehead atoms. The number of nitrogens with one attached hydrogen (secondary N) is 1. The fourth-order valence-corrected chi connectivity index (χ4v) is 3.82. The molecular weight excluding hydrogens is 444 g/mol. The third kappa shape index (κ3) is 4.70. The Hall–Kier alpha value is -1.57. The van der Waals surface area contributed by atoms with Crippen LogP contribution >= 0.6 is 48.0 Å². The second-order valence-electron chi connectivity index (χ2n) is 6.24. The molecule has 1 N–H and O–H groups in total. The largest absolute Gasteiger partial charge is 0.333 e. The normalized spacial score (nSPS) is 16.4. The van der Waals surface area contributed by atoms with Gasteiger partial charge in [-0.25, -0.2) is 4.98 Å². The van der Waals surface area contributed by atoms with Gasteiger partial charge in [-0.05, 0) is 17.7 Å². The molecule has 3 aromatic rings. The summed E-state index contributed by atoms with van der Waals surface area (Å²) in [5.41, 5.74) is 2.29. The lowest BCUT2D eigenvalue weighted by Crippen LogP contribution is -2.49. The summed E-state index contributed by atoms with van der Waals surface area (Å²) in [5.74, 6) is 0.0333. The second kappa shape index (κ2) is 9.76. The smallest absolute Gasteiger partial charge is 0.229 e. The molecule has 10 heteroatoms. The van der Waals surface area contributed by atoms with Gasteiger partial charge in [0.1, 0.15) is 0 Å². The molecule has 0 aromatic carbocycles. The number of aromatic nitrogens is 3. The highest BCUT2D eigenvalue weighted by Crippen LogP contribution is 2.24. The molecule has 150 valence electrons. The molecule has 4 heterocycles. The summed E-state index contributed by atoms with van der Waals surface area (Å²) in [6.45, 7) is 2.14. The van der Waals surface area contributed by atoms with Gasteiger partial charge in [0.25, 0.3) is 0 Å². The van der Waals surface area contributed by atoms with Crippen LogP contribution in [-0.2, 0) is 11.2 Å². The van der Waals surface area contributed by atoms with Crippen molar-refractivity contribution >= 4 is 59.6 Å². The van der Waals surface area contributed by atoms with E-state index in [4.69, 9.17) is 23.2 Å². The maximum atomic E-state index is 12.9. The third-order valence-corrected chi connectivity index (χ3v) is 4.97. The molecular formula is C18H19Cl4N5O. The standard InChI is InChI=1S/C18H17Cl2N5O.2ClH/c19-13-6-15(20)18-23-14(11-24(18)10-13)7-17(26)25-5-4-22-9-16(25)12-2-1-3-21-8-12;;/h1-3,6,8,10-11,16,22H,4-5,7,9H2;2*1H. The van der Waals surface area contributed by atoms with Crippen molar-refractivity contribution in [3.8, 4) is 0 Å². The van der Waals surface area contributed by atoms with Crippen LogP contribution in [0.2, 0.25) is 10.0 Å². The number of hydrogen-bond donors (Lipinski definition) is 1. The average Bonchev–Trinajstić information content (AvgIpc) is 3.05. The van der Waals surface area contributed by atoms with Gasteiger partial charge in [-0.3, -0.25) is 9.78 Å². The summed E-state index contributed by atoms with van der Waals surface area (Å²) < 4.78 is 1.75. The Morgan fingerprint density at radius 2 is 2.11 bits per heavy atom. The number of pyridine rings is 2. The molecule has 1 aliphatic rings. The average molecular weight is 463 g/mol. The van der Waals surface area contributed by atoms with Gasteiger partial charge in [-0.2, -0.15) is 0 Å². The van der Waals surface area contributed by atoms with Crippen LogP contribution in [0.15, 0.2) is 43.0 Å². The van der Waals surface area contributed by atoms with Gasteiger partial charge in [0.15, 0.2) is 5.65 Å².